The van der Waals surface area contributed by atoms with Gasteiger partial charge in [0.2, 0.25) is 10.0 Å². The van der Waals surface area contributed by atoms with Crippen LogP contribution in [0.15, 0.2) is 39.8 Å². The Morgan fingerprint density at radius 2 is 1.96 bits per heavy atom. The second-order valence-corrected chi connectivity index (χ2v) is 7.71. The lowest BCUT2D eigenvalue weighted by molar-refractivity contribution is 0.344. The molecule has 0 bridgehead atoms. The lowest BCUT2D eigenvalue weighted by Crippen LogP contribution is -2.38. The Balaban J connectivity index is 1.76. The predicted octanol–water partition coefficient (Wildman–Crippen LogP) is 2.45. The highest BCUT2D eigenvalue weighted by atomic mass is 32.2. The highest BCUT2D eigenvalue weighted by Crippen LogP contribution is 2.29. The number of fused-ring (bicyclic) bond motifs is 3. The molecule has 7 heteroatoms. The third-order valence-corrected chi connectivity index (χ3v) is 6.46. The van der Waals surface area contributed by atoms with Gasteiger partial charge < -0.3 is 9.09 Å². The summed E-state index contributed by atoms with van der Waals surface area (Å²) in [7, 11) is -3.60. The first-order valence-electron chi connectivity index (χ1n) is 7.48. The average Bonchev–Trinajstić information content (AvgIpc) is 3.06. The van der Waals surface area contributed by atoms with Crippen molar-refractivity contribution in [3.8, 4) is 0 Å². The van der Waals surface area contributed by atoms with Gasteiger partial charge in [0.05, 0.1) is 6.54 Å². The Kier molecular flexibility index (Phi) is 3.11. The lowest BCUT2D eigenvalue weighted by Gasteiger charge is -2.28. The van der Waals surface area contributed by atoms with Crippen LogP contribution in [0.5, 0.6) is 0 Å². The highest BCUT2D eigenvalue weighted by Gasteiger charge is 2.33. The maximum absolute atomic E-state index is 12.9. The van der Waals surface area contributed by atoms with Crippen LogP contribution in [0.3, 0.4) is 0 Å². The van der Waals surface area contributed by atoms with Crippen molar-refractivity contribution in [1.29, 1.82) is 0 Å². The summed E-state index contributed by atoms with van der Waals surface area (Å²) in [5, 5.41) is 4.91. The van der Waals surface area contributed by atoms with Crippen LogP contribution in [-0.2, 0) is 23.1 Å². The van der Waals surface area contributed by atoms with E-state index in [1.54, 1.807) is 13.8 Å². The van der Waals surface area contributed by atoms with Crippen LogP contribution < -0.4 is 0 Å². The van der Waals surface area contributed by atoms with E-state index in [2.05, 4.69) is 21.9 Å². The number of benzene rings is 1. The molecule has 0 spiro atoms. The number of nitrogens with zero attached hydrogens (tertiary/aromatic N) is 3. The molecule has 1 aromatic carbocycles. The minimum absolute atomic E-state index is 0.196. The van der Waals surface area contributed by atoms with E-state index in [1.165, 1.54) is 4.31 Å². The molecule has 2 aromatic heterocycles. The summed E-state index contributed by atoms with van der Waals surface area (Å²) in [5.74, 6) is 0.341. The highest BCUT2D eigenvalue weighted by molar-refractivity contribution is 7.89. The SMILES string of the molecule is Cc1noc(C)c1S(=O)(=O)N1CCn2c(cc3ccccc32)C1. The summed E-state index contributed by atoms with van der Waals surface area (Å²) in [5.41, 5.74) is 2.57. The van der Waals surface area contributed by atoms with Gasteiger partial charge >= 0.3 is 0 Å². The maximum atomic E-state index is 12.9. The van der Waals surface area contributed by atoms with Crippen molar-refractivity contribution in [1.82, 2.24) is 14.0 Å². The summed E-state index contributed by atoms with van der Waals surface area (Å²) in [6.07, 6.45) is 0. The zero-order chi connectivity index (χ0) is 16.2. The van der Waals surface area contributed by atoms with Crippen molar-refractivity contribution in [3.05, 3.63) is 47.5 Å². The Hall–Kier alpha value is -2.12. The molecule has 23 heavy (non-hydrogen) atoms. The third-order valence-electron chi connectivity index (χ3n) is 4.37. The lowest BCUT2D eigenvalue weighted by atomic mass is 10.2. The largest absolute Gasteiger partial charge is 0.360 e. The van der Waals surface area contributed by atoms with Crippen molar-refractivity contribution >= 4 is 20.9 Å². The fourth-order valence-electron chi connectivity index (χ4n) is 3.31. The molecular weight excluding hydrogens is 314 g/mol. The molecule has 0 saturated heterocycles. The molecule has 0 fully saturated rings. The van der Waals surface area contributed by atoms with E-state index >= 15 is 0 Å². The van der Waals surface area contributed by atoms with Crippen molar-refractivity contribution in [2.75, 3.05) is 6.54 Å². The average molecular weight is 331 g/mol. The Bertz CT molecular complexity index is 981. The van der Waals surface area contributed by atoms with E-state index in [9.17, 15) is 8.42 Å². The summed E-state index contributed by atoms with van der Waals surface area (Å²) in [6, 6.07) is 10.2. The fraction of sp³-hybridized carbons (Fsp3) is 0.312. The Morgan fingerprint density at radius 3 is 2.70 bits per heavy atom. The van der Waals surface area contributed by atoms with E-state index in [0.29, 0.717) is 31.1 Å². The number of hydrogen-bond donors (Lipinski definition) is 0. The van der Waals surface area contributed by atoms with E-state index < -0.39 is 10.0 Å². The van der Waals surface area contributed by atoms with Crippen LogP contribution in [0.2, 0.25) is 0 Å². The molecule has 120 valence electrons. The van der Waals surface area contributed by atoms with Gasteiger partial charge in [-0.2, -0.15) is 4.31 Å². The first-order valence-corrected chi connectivity index (χ1v) is 8.92. The van der Waals surface area contributed by atoms with Crippen molar-refractivity contribution < 1.29 is 12.9 Å². The fourth-order valence-corrected chi connectivity index (χ4v) is 5.00. The number of aromatic nitrogens is 2. The maximum Gasteiger partial charge on any atom is 0.248 e. The van der Waals surface area contributed by atoms with Crippen molar-refractivity contribution in [2.24, 2.45) is 0 Å². The van der Waals surface area contributed by atoms with Gasteiger partial charge in [-0.25, -0.2) is 8.42 Å². The molecule has 0 N–H and O–H groups in total. The van der Waals surface area contributed by atoms with Gasteiger partial charge in [0.1, 0.15) is 10.6 Å². The summed E-state index contributed by atoms with van der Waals surface area (Å²) < 4.78 is 34.6. The topological polar surface area (TPSA) is 68.3 Å². The smallest absolute Gasteiger partial charge is 0.248 e. The van der Waals surface area contributed by atoms with Crippen LogP contribution in [-0.4, -0.2) is 29.0 Å². The standard InChI is InChI=1S/C16H17N3O3S/c1-11-16(12(2)22-17-11)23(20,21)18-7-8-19-14(10-18)9-13-5-3-4-6-15(13)19/h3-6,9H,7-8,10H2,1-2H3. The van der Waals surface area contributed by atoms with Gasteiger partial charge in [-0.3, -0.25) is 0 Å². The van der Waals surface area contributed by atoms with Crippen LogP contribution in [0.1, 0.15) is 17.1 Å². The normalized spacial score (nSPS) is 15.9. The Labute approximate surface area is 134 Å². The number of aryl methyl sites for hydroxylation is 2. The monoisotopic (exact) mass is 331 g/mol. The molecule has 0 unspecified atom stereocenters. The quantitative estimate of drug-likeness (QED) is 0.723. The molecule has 3 aromatic rings. The van der Waals surface area contributed by atoms with Gasteiger partial charge in [-0.15, -0.1) is 0 Å². The minimum atomic E-state index is -3.60. The molecule has 0 aliphatic carbocycles. The van der Waals surface area contributed by atoms with E-state index in [0.717, 1.165) is 16.6 Å². The molecule has 1 aliphatic rings. The van der Waals surface area contributed by atoms with Gasteiger partial charge in [0, 0.05) is 24.3 Å². The summed E-state index contributed by atoms with van der Waals surface area (Å²) in [4.78, 5) is 0.196. The summed E-state index contributed by atoms with van der Waals surface area (Å²) in [6.45, 7) is 4.74. The first-order chi connectivity index (χ1) is 11.0. The molecule has 0 atom stereocenters. The molecular formula is C16H17N3O3S. The van der Waals surface area contributed by atoms with Crippen LogP contribution in [0, 0.1) is 13.8 Å². The zero-order valence-electron chi connectivity index (χ0n) is 13.0. The Morgan fingerprint density at radius 1 is 1.17 bits per heavy atom. The van der Waals surface area contributed by atoms with Gasteiger partial charge in [-0.1, -0.05) is 23.4 Å². The number of para-hydroxylation sites is 1. The second-order valence-electron chi connectivity index (χ2n) is 5.84. The van der Waals surface area contributed by atoms with Crippen LogP contribution >= 0.6 is 0 Å². The molecule has 0 radical (unpaired) electrons. The number of rotatable bonds is 2. The van der Waals surface area contributed by atoms with Gasteiger partial charge in [0.15, 0.2) is 5.76 Å². The zero-order valence-corrected chi connectivity index (χ0v) is 13.8. The minimum Gasteiger partial charge on any atom is -0.360 e. The van der Waals surface area contributed by atoms with Gasteiger partial charge in [-0.05, 0) is 31.4 Å². The van der Waals surface area contributed by atoms with Crippen LogP contribution in [0.25, 0.3) is 10.9 Å². The van der Waals surface area contributed by atoms with Gasteiger partial charge in [0.25, 0.3) is 0 Å². The molecule has 0 saturated carbocycles. The molecule has 4 rings (SSSR count). The molecule has 6 nitrogen and oxygen atoms in total. The predicted molar refractivity (Wildman–Crippen MR) is 85.5 cm³/mol. The van der Waals surface area contributed by atoms with E-state index in [1.807, 2.05) is 18.2 Å². The second kappa shape index (κ2) is 4.94. The van der Waals surface area contributed by atoms with Crippen LogP contribution in [0.4, 0.5) is 0 Å². The number of sulfonamides is 1. The van der Waals surface area contributed by atoms with E-state index in [-0.39, 0.29) is 4.90 Å². The van der Waals surface area contributed by atoms with Crippen molar-refractivity contribution in [2.45, 2.75) is 31.8 Å². The summed E-state index contributed by atoms with van der Waals surface area (Å²) >= 11 is 0. The number of hydrogen-bond acceptors (Lipinski definition) is 4. The molecule has 3 heterocycles. The molecule has 1 aliphatic heterocycles. The first kappa shape index (κ1) is 14.5. The molecule has 0 amide bonds. The third kappa shape index (κ3) is 2.11. The van der Waals surface area contributed by atoms with Crippen molar-refractivity contribution in [3.63, 3.8) is 0 Å². The van der Waals surface area contributed by atoms with E-state index in [4.69, 9.17) is 4.52 Å².